The highest BCUT2D eigenvalue weighted by Crippen LogP contribution is 2.36. The Hall–Kier alpha value is -2.80. The van der Waals surface area contributed by atoms with Gasteiger partial charge in [-0.1, -0.05) is 19.9 Å². The summed E-state index contributed by atoms with van der Waals surface area (Å²) in [4.78, 5) is 2.36. The van der Waals surface area contributed by atoms with Gasteiger partial charge in [0.15, 0.2) is 10.6 Å². The van der Waals surface area contributed by atoms with E-state index in [0.717, 1.165) is 24.2 Å². The molecule has 0 unspecified atom stereocenters. The van der Waals surface area contributed by atoms with E-state index in [1.54, 1.807) is 6.07 Å². The maximum absolute atomic E-state index is 10.5. The standard InChI is InChI=1S/C23H30N4O2S/c1-6-15-9-10-17(12-19(15)26(8-3)14(4)5)27-22(24-25-23(27)30)18-11-16(7-2)20(28)13-21(18)29/h9-14,28-29H,6-8H2,1-5H3,(H,25,30). The number of hydrogen-bond donors (Lipinski definition) is 3. The third-order valence-corrected chi connectivity index (χ3v) is 5.75. The highest BCUT2D eigenvalue weighted by molar-refractivity contribution is 7.71. The average Bonchev–Trinajstić information content (AvgIpc) is 3.09. The second kappa shape index (κ2) is 8.92. The predicted molar refractivity (Wildman–Crippen MR) is 124 cm³/mol. The molecule has 30 heavy (non-hydrogen) atoms. The molecule has 3 rings (SSSR count). The minimum atomic E-state index is -0.0392. The number of rotatable bonds is 7. The topological polar surface area (TPSA) is 77.3 Å². The van der Waals surface area contributed by atoms with Crippen molar-refractivity contribution in [2.24, 2.45) is 0 Å². The van der Waals surface area contributed by atoms with E-state index < -0.39 is 0 Å². The van der Waals surface area contributed by atoms with Gasteiger partial charge in [-0.05, 0) is 75.2 Å². The van der Waals surface area contributed by atoms with Crippen molar-refractivity contribution in [2.75, 3.05) is 11.4 Å². The summed E-state index contributed by atoms with van der Waals surface area (Å²) in [6.45, 7) is 11.5. The van der Waals surface area contributed by atoms with Gasteiger partial charge in [0.2, 0.25) is 0 Å². The summed E-state index contributed by atoms with van der Waals surface area (Å²) in [5.74, 6) is 0.544. The van der Waals surface area contributed by atoms with Crippen molar-refractivity contribution in [3.63, 3.8) is 0 Å². The van der Waals surface area contributed by atoms with Crippen LogP contribution in [-0.2, 0) is 12.8 Å². The van der Waals surface area contributed by atoms with Crippen LogP contribution in [-0.4, -0.2) is 37.6 Å². The zero-order valence-electron chi connectivity index (χ0n) is 18.2. The van der Waals surface area contributed by atoms with Crippen LogP contribution >= 0.6 is 12.2 Å². The lowest BCUT2D eigenvalue weighted by Crippen LogP contribution is -2.31. The van der Waals surface area contributed by atoms with Gasteiger partial charge in [0.05, 0.1) is 11.3 Å². The van der Waals surface area contributed by atoms with E-state index in [-0.39, 0.29) is 11.5 Å². The van der Waals surface area contributed by atoms with Gasteiger partial charge in [-0.15, -0.1) is 0 Å². The molecule has 7 heteroatoms. The van der Waals surface area contributed by atoms with E-state index in [9.17, 15) is 10.2 Å². The molecule has 0 aliphatic carbocycles. The Labute approximate surface area is 182 Å². The first-order valence-corrected chi connectivity index (χ1v) is 10.9. The van der Waals surface area contributed by atoms with E-state index in [0.29, 0.717) is 28.6 Å². The molecule has 6 nitrogen and oxygen atoms in total. The SMILES string of the molecule is CCc1cc(-c2n[nH]c(=S)n2-c2ccc(CC)c(N(CC)C(C)C)c2)c(O)cc1O. The van der Waals surface area contributed by atoms with Crippen LogP contribution in [0.25, 0.3) is 17.1 Å². The molecule has 0 fully saturated rings. The lowest BCUT2D eigenvalue weighted by molar-refractivity contribution is 0.447. The molecular weight excluding hydrogens is 396 g/mol. The number of anilines is 1. The van der Waals surface area contributed by atoms with Gasteiger partial charge in [0.1, 0.15) is 11.5 Å². The Morgan fingerprint density at radius 2 is 1.73 bits per heavy atom. The first kappa shape index (κ1) is 21.9. The summed E-state index contributed by atoms with van der Waals surface area (Å²) in [5.41, 5.74) is 4.58. The largest absolute Gasteiger partial charge is 0.508 e. The van der Waals surface area contributed by atoms with Crippen LogP contribution in [0.4, 0.5) is 5.69 Å². The van der Waals surface area contributed by atoms with Crippen molar-refractivity contribution >= 4 is 17.9 Å². The van der Waals surface area contributed by atoms with E-state index in [1.807, 2.05) is 17.6 Å². The molecule has 160 valence electrons. The van der Waals surface area contributed by atoms with Gasteiger partial charge in [-0.25, -0.2) is 0 Å². The number of phenols is 2. The van der Waals surface area contributed by atoms with Crippen molar-refractivity contribution in [3.8, 4) is 28.6 Å². The second-order valence-corrected chi connectivity index (χ2v) is 7.97. The van der Waals surface area contributed by atoms with Crippen LogP contribution in [0.2, 0.25) is 0 Å². The summed E-state index contributed by atoms with van der Waals surface area (Å²) >= 11 is 5.54. The number of phenolic OH excluding ortho intramolecular Hbond substituents is 2. The van der Waals surface area contributed by atoms with Gasteiger partial charge >= 0.3 is 0 Å². The molecule has 0 saturated carbocycles. The number of aromatic nitrogens is 3. The summed E-state index contributed by atoms with van der Waals surface area (Å²) in [5, 5.41) is 27.8. The summed E-state index contributed by atoms with van der Waals surface area (Å²) < 4.78 is 2.27. The molecule has 1 heterocycles. The Bertz CT molecular complexity index is 1100. The predicted octanol–water partition coefficient (Wildman–Crippen LogP) is 5.37. The molecule has 0 saturated heterocycles. The average molecular weight is 427 g/mol. The third kappa shape index (κ3) is 3.94. The molecule has 0 spiro atoms. The Balaban J connectivity index is 2.23. The highest BCUT2D eigenvalue weighted by atomic mass is 32.1. The van der Waals surface area contributed by atoms with Crippen molar-refractivity contribution in [3.05, 3.63) is 46.2 Å². The van der Waals surface area contributed by atoms with Crippen molar-refractivity contribution in [1.29, 1.82) is 0 Å². The van der Waals surface area contributed by atoms with Crippen LogP contribution in [0, 0.1) is 4.77 Å². The van der Waals surface area contributed by atoms with E-state index in [1.165, 1.54) is 17.3 Å². The maximum atomic E-state index is 10.5. The lowest BCUT2D eigenvalue weighted by atomic mass is 10.0. The van der Waals surface area contributed by atoms with Gasteiger partial charge in [-0.2, -0.15) is 5.10 Å². The number of H-pyrrole nitrogens is 1. The second-order valence-electron chi connectivity index (χ2n) is 7.59. The molecule has 0 aliphatic heterocycles. The number of nitrogens with one attached hydrogen (secondary N) is 1. The third-order valence-electron chi connectivity index (χ3n) is 5.47. The van der Waals surface area contributed by atoms with Crippen molar-refractivity contribution < 1.29 is 10.2 Å². The van der Waals surface area contributed by atoms with Crippen molar-refractivity contribution in [1.82, 2.24) is 14.8 Å². The minimum Gasteiger partial charge on any atom is -0.508 e. The Morgan fingerprint density at radius 1 is 1.03 bits per heavy atom. The molecule has 0 radical (unpaired) electrons. The summed E-state index contributed by atoms with van der Waals surface area (Å²) in [6, 6.07) is 9.78. The monoisotopic (exact) mass is 426 g/mol. The van der Waals surface area contributed by atoms with Crippen LogP contribution in [0.5, 0.6) is 11.5 Å². The zero-order chi connectivity index (χ0) is 22.0. The number of nitrogens with zero attached hydrogens (tertiary/aromatic N) is 3. The van der Waals surface area contributed by atoms with Crippen LogP contribution in [0.15, 0.2) is 30.3 Å². The van der Waals surface area contributed by atoms with Crippen LogP contribution in [0.3, 0.4) is 0 Å². The quantitative estimate of drug-likeness (QED) is 0.443. The van der Waals surface area contributed by atoms with Crippen LogP contribution < -0.4 is 4.90 Å². The van der Waals surface area contributed by atoms with E-state index >= 15 is 0 Å². The van der Waals surface area contributed by atoms with Crippen molar-refractivity contribution in [2.45, 2.75) is 53.5 Å². The molecule has 0 amide bonds. The minimum absolute atomic E-state index is 0.0392. The fourth-order valence-corrected chi connectivity index (χ4v) is 4.11. The first-order valence-electron chi connectivity index (χ1n) is 10.4. The van der Waals surface area contributed by atoms with Gasteiger partial charge in [0, 0.05) is 24.3 Å². The molecule has 0 bridgehead atoms. The number of aromatic amines is 1. The molecule has 1 aromatic heterocycles. The number of aromatic hydroxyl groups is 2. The smallest absolute Gasteiger partial charge is 0.200 e. The van der Waals surface area contributed by atoms with Gasteiger partial charge in [0.25, 0.3) is 0 Å². The fraction of sp³-hybridized carbons (Fsp3) is 0.391. The number of benzene rings is 2. The first-order chi connectivity index (χ1) is 14.3. The summed E-state index contributed by atoms with van der Waals surface area (Å²) in [7, 11) is 0. The maximum Gasteiger partial charge on any atom is 0.200 e. The molecule has 2 aromatic carbocycles. The normalized spacial score (nSPS) is 11.3. The molecule has 0 aliphatic rings. The molecule has 3 aromatic rings. The number of aryl methyl sites for hydroxylation is 2. The molecule has 0 atom stereocenters. The van der Waals surface area contributed by atoms with Crippen LogP contribution in [0.1, 0.15) is 45.7 Å². The fourth-order valence-electron chi connectivity index (χ4n) is 3.87. The van der Waals surface area contributed by atoms with Gasteiger partial charge < -0.3 is 15.1 Å². The molecular formula is C23H30N4O2S. The van der Waals surface area contributed by atoms with Gasteiger partial charge in [-0.3, -0.25) is 9.67 Å². The number of hydrogen-bond acceptors (Lipinski definition) is 5. The summed E-state index contributed by atoms with van der Waals surface area (Å²) in [6.07, 6.45) is 1.57. The zero-order valence-corrected chi connectivity index (χ0v) is 19.0. The Morgan fingerprint density at radius 3 is 2.33 bits per heavy atom. The van der Waals surface area contributed by atoms with E-state index in [2.05, 4.69) is 54.9 Å². The Kier molecular flexibility index (Phi) is 6.51. The molecule has 3 N–H and O–H groups in total. The highest BCUT2D eigenvalue weighted by Gasteiger charge is 2.19. The lowest BCUT2D eigenvalue weighted by Gasteiger charge is -2.30. The van der Waals surface area contributed by atoms with E-state index in [4.69, 9.17) is 12.2 Å².